The van der Waals surface area contributed by atoms with Crippen molar-refractivity contribution in [1.82, 2.24) is 14.9 Å². The fraction of sp³-hybridized carbons (Fsp3) is 0.455. The van der Waals surface area contributed by atoms with Gasteiger partial charge in [0.1, 0.15) is 5.75 Å². The van der Waals surface area contributed by atoms with Gasteiger partial charge >= 0.3 is 0 Å². The highest BCUT2D eigenvalue weighted by Gasteiger charge is 2.28. The fourth-order valence-electron chi connectivity index (χ4n) is 4.21. The first kappa shape index (κ1) is 23.0. The van der Waals surface area contributed by atoms with Gasteiger partial charge in [0.15, 0.2) is 0 Å². The first-order chi connectivity index (χ1) is 14.0. The van der Waals surface area contributed by atoms with E-state index < -0.39 is 10.0 Å². The van der Waals surface area contributed by atoms with Crippen LogP contribution in [0.1, 0.15) is 35.6 Å². The van der Waals surface area contributed by atoms with E-state index in [1.165, 1.54) is 9.87 Å². The fourth-order valence-corrected chi connectivity index (χ4v) is 5.21. The van der Waals surface area contributed by atoms with Crippen LogP contribution in [-0.4, -0.2) is 46.0 Å². The van der Waals surface area contributed by atoms with Gasteiger partial charge in [0.25, 0.3) is 0 Å². The summed E-state index contributed by atoms with van der Waals surface area (Å²) >= 11 is 0. The van der Waals surface area contributed by atoms with E-state index in [9.17, 15) is 8.42 Å². The molecule has 0 unspecified atom stereocenters. The third kappa shape index (κ3) is 4.65. The van der Waals surface area contributed by atoms with E-state index in [4.69, 9.17) is 4.74 Å². The third-order valence-electron chi connectivity index (χ3n) is 5.78. The number of piperidine rings is 1. The number of benzene rings is 2. The maximum absolute atomic E-state index is 12.7. The van der Waals surface area contributed by atoms with Crippen molar-refractivity contribution in [3.63, 3.8) is 0 Å². The lowest BCUT2D eigenvalue weighted by Crippen LogP contribution is -2.45. The Morgan fingerprint density at radius 3 is 2.70 bits per heavy atom. The monoisotopic (exact) mass is 451 g/mol. The molecule has 2 aromatic rings. The van der Waals surface area contributed by atoms with Crippen molar-refractivity contribution in [3.05, 3.63) is 59.2 Å². The Labute approximate surface area is 185 Å². The van der Waals surface area contributed by atoms with Crippen molar-refractivity contribution < 1.29 is 13.2 Å². The minimum atomic E-state index is -3.48. The number of hydrogen-bond acceptors (Lipinski definition) is 5. The average molecular weight is 452 g/mol. The van der Waals surface area contributed by atoms with Crippen molar-refractivity contribution in [2.24, 2.45) is 0 Å². The lowest BCUT2D eigenvalue weighted by atomic mass is 9.92. The Hall–Kier alpha value is -1.64. The van der Waals surface area contributed by atoms with Crippen LogP contribution >= 0.6 is 12.4 Å². The van der Waals surface area contributed by atoms with E-state index in [1.54, 1.807) is 26.2 Å². The summed E-state index contributed by atoms with van der Waals surface area (Å²) in [5.74, 6) is 0.843. The molecule has 1 fully saturated rings. The summed E-state index contributed by atoms with van der Waals surface area (Å²) in [5, 5.41) is 7.30. The second-order valence-electron chi connectivity index (χ2n) is 7.93. The zero-order chi connectivity index (χ0) is 20.4. The molecule has 2 heterocycles. The predicted molar refractivity (Wildman–Crippen MR) is 121 cm³/mol. The summed E-state index contributed by atoms with van der Waals surface area (Å²) in [4.78, 5) is 0.338. The number of rotatable bonds is 6. The lowest BCUT2D eigenvalue weighted by molar-refractivity contribution is 0.301. The van der Waals surface area contributed by atoms with E-state index >= 15 is 0 Å². The van der Waals surface area contributed by atoms with Crippen molar-refractivity contribution >= 4 is 22.4 Å². The van der Waals surface area contributed by atoms with Crippen LogP contribution in [0.4, 0.5) is 0 Å². The Morgan fingerprint density at radius 2 is 1.97 bits per heavy atom. The largest absolute Gasteiger partial charge is 0.493 e. The summed E-state index contributed by atoms with van der Waals surface area (Å²) in [6.45, 7) is 2.19. The summed E-state index contributed by atoms with van der Waals surface area (Å²) in [6.07, 6.45) is 2.94. The molecular weight excluding hydrogens is 422 g/mol. The molecular formula is C22H30ClN3O3S. The van der Waals surface area contributed by atoms with Crippen molar-refractivity contribution in [3.8, 4) is 5.75 Å². The molecule has 6 nitrogen and oxygen atoms in total. The van der Waals surface area contributed by atoms with Crippen LogP contribution in [0, 0.1) is 0 Å². The highest BCUT2D eigenvalue weighted by Crippen LogP contribution is 2.34. The van der Waals surface area contributed by atoms with Crippen molar-refractivity contribution in [2.75, 3.05) is 27.2 Å². The number of fused-ring (bicyclic) bond motifs is 1. The highest BCUT2D eigenvalue weighted by molar-refractivity contribution is 7.89. The molecule has 0 amide bonds. The number of halogens is 1. The topological polar surface area (TPSA) is 70.7 Å². The number of ether oxygens (including phenoxy) is 1. The van der Waals surface area contributed by atoms with Gasteiger partial charge in [-0.25, -0.2) is 12.7 Å². The van der Waals surface area contributed by atoms with Crippen molar-refractivity contribution in [1.29, 1.82) is 0 Å². The Balaban J connectivity index is 0.00000256. The van der Waals surface area contributed by atoms with Crippen LogP contribution in [0.25, 0.3) is 0 Å². The molecule has 4 rings (SSSR count). The van der Waals surface area contributed by atoms with Gasteiger partial charge in [-0.2, -0.15) is 0 Å². The first-order valence-corrected chi connectivity index (χ1v) is 11.6. The zero-order valence-electron chi connectivity index (χ0n) is 17.4. The second kappa shape index (κ2) is 9.66. The minimum Gasteiger partial charge on any atom is -0.493 e. The molecule has 164 valence electrons. The molecule has 2 aliphatic rings. The standard InChI is InChI=1S/C22H29N3O3S.ClH/c1-25(2)29(26,27)19-13-17-10-12-28-22(17)18(14-19)15-24-20-9-6-11-23-21(20)16-7-4-3-5-8-16;/h3-5,7-8,13-14,20-21,23-24H,6,9-12,15H2,1-2H3;1H/t20-,21-;/m0./s1. The summed E-state index contributed by atoms with van der Waals surface area (Å²) in [6, 6.07) is 14.5. The second-order valence-corrected chi connectivity index (χ2v) is 10.1. The first-order valence-electron chi connectivity index (χ1n) is 10.2. The lowest BCUT2D eigenvalue weighted by Gasteiger charge is -2.34. The van der Waals surface area contributed by atoms with Crippen LogP contribution in [0.5, 0.6) is 5.75 Å². The van der Waals surface area contributed by atoms with Gasteiger partial charge in [0, 0.05) is 44.7 Å². The van der Waals surface area contributed by atoms with E-state index in [0.29, 0.717) is 18.0 Å². The van der Waals surface area contributed by atoms with Crippen LogP contribution in [-0.2, 0) is 23.0 Å². The molecule has 1 saturated heterocycles. The molecule has 0 aromatic heterocycles. The van der Waals surface area contributed by atoms with Crippen LogP contribution in [0.2, 0.25) is 0 Å². The molecule has 0 saturated carbocycles. The summed E-state index contributed by atoms with van der Waals surface area (Å²) in [7, 11) is -0.351. The molecule has 2 N–H and O–H groups in total. The number of nitrogens with one attached hydrogen (secondary N) is 2. The Kier molecular flexibility index (Phi) is 7.42. The quantitative estimate of drug-likeness (QED) is 0.706. The molecule has 2 aliphatic heterocycles. The van der Waals surface area contributed by atoms with Gasteiger partial charge in [-0.05, 0) is 42.6 Å². The predicted octanol–water partition coefficient (Wildman–Crippen LogP) is 2.88. The molecule has 2 aromatic carbocycles. The number of sulfonamides is 1. The van der Waals surface area contributed by atoms with Crippen LogP contribution in [0.15, 0.2) is 47.4 Å². The number of hydrogen-bond donors (Lipinski definition) is 2. The smallest absolute Gasteiger partial charge is 0.242 e. The van der Waals surface area contributed by atoms with Gasteiger partial charge < -0.3 is 15.4 Å². The highest BCUT2D eigenvalue weighted by atomic mass is 35.5. The molecule has 0 aliphatic carbocycles. The molecule has 0 spiro atoms. The molecule has 8 heteroatoms. The van der Waals surface area contributed by atoms with E-state index in [0.717, 1.165) is 42.7 Å². The average Bonchev–Trinajstić information content (AvgIpc) is 3.21. The van der Waals surface area contributed by atoms with Gasteiger partial charge in [-0.15, -0.1) is 12.4 Å². The zero-order valence-corrected chi connectivity index (χ0v) is 19.1. The molecule has 30 heavy (non-hydrogen) atoms. The van der Waals surface area contributed by atoms with E-state index in [-0.39, 0.29) is 24.5 Å². The third-order valence-corrected chi connectivity index (χ3v) is 7.58. The molecule has 0 radical (unpaired) electrons. The maximum atomic E-state index is 12.7. The molecule has 2 atom stereocenters. The van der Waals surface area contributed by atoms with Crippen LogP contribution in [0.3, 0.4) is 0 Å². The van der Waals surface area contributed by atoms with Gasteiger partial charge in [-0.1, -0.05) is 30.3 Å². The normalized spacial score (nSPS) is 21.0. The Bertz CT molecular complexity index is 967. The minimum absolute atomic E-state index is 0. The van der Waals surface area contributed by atoms with Crippen LogP contribution < -0.4 is 15.4 Å². The SMILES string of the molecule is CN(C)S(=O)(=O)c1cc2c(c(CN[C@H]3CCCN[C@H]3c3ccccc3)c1)OCC2.Cl. The number of nitrogens with zero attached hydrogens (tertiary/aromatic N) is 1. The van der Waals surface area contributed by atoms with Crippen molar-refractivity contribution in [2.45, 2.75) is 42.8 Å². The Morgan fingerprint density at radius 1 is 1.20 bits per heavy atom. The van der Waals surface area contributed by atoms with Gasteiger partial charge in [0.05, 0.1) is 11.5 Å². The van der Waals surface area contributed by atoms with Gasteiger partial charge in [-0.3, -0.25) is 0 Å². The molecule has 0 bridgehead atoms. The van der Waals surface area contributed by atoms with Gasteiger partial charge in [0.2, 0.25) is 10.0 Å². The maximum Gasteiger partial charge on any atom is 0.242 e. The van der Waals surface area contributed by atoms with E-state index in [1.807, 2.05) is 6.07 Å². The summed E-state index contributed by atoms with van der Waals surface area (Å²) in [5.41, 5.74) is 3.17. The summed E-state index contributed by atoms with van der Waals surface area (Å²) < 4.78 is 32.5. The van der Waals surface area contributed by atoms with E-state index in [2.05, 4.69) is 34.9 Å².